The van der Waals surface area contributed by atoms with Crippen molar-refractivity contribution in [3.63, 3.8) is 0 Å². The Morgan fingerprint density at radius 3 is 2.91 bits per heavy atom. The van der Waals surface area contributed by atoms with Gasteiger partial charge in [-0.25, -0.2) is 0 Å². The molecule has 1 unspecified atom stereocenters. The molecule has 1 N–H and O–H groups in total. The highest BCUT2D eigenvalue weighted by Gasteiger charge is 2.36. The fourth-order valence-electron chi connectivity index (χ4n) is 2.63. The molecule has 2 heterocycles. The summed E-state index contributed by atoms with van der Waals surface area (Å²) in [6.07, 6.45) is -0.186. The number of methoxy groups -OCH3 is 1. The minimum Gasteiger partial charge on any atom is -0.469 e. The Kier molecular flexibility index (Phi) is 4.01. The van der Waals surface area contributed by atoms with E-state index in [-0.39, 0.29) is 18.1 Å². The number of nitrogens with zero attached hydrogens (tertiary/aromatic N) is 1. The van der Waals surface area contributed by atoms with Crippen LogP contribution < -0.4 is 5.32 Å². The van der Waals surface area contributed by atoms with Gasteiger partial charge < -0.3 is 19.4 Å². The van der Waals surface area contributed by atoms with E-state index in [9.17, 15) is 14.4 Å². The molecule has 0 bridgehead atoms. The number of benzene rings is 1. The van der Waals surface area contributed by atoms with Gasteiger partial charge in [-0.3, -0.25) is 14.4 Å². The SMILES string of the molecule is COC(=O)CC1C(=O)NCCN1C(=O)c1cc2ccccc2o1. The van der Waals surface area contributed by atoms with Crippen LogP contribution in [-0.4, -0.2) is 48.9 Å². The van der Waals surface area contributed by atoms with E-state index in [1.54, 1.807) is 12.1 Å². The van der Waals surface area contributed by atoms with Crippen molar-refractivity contribution in [3.05, 3.63) is 36.1 Å². The van der Waals surface area contributed by atoms with Crippen molar-refractivity contribution >= 4 is 28.8 Å². The van der Waals surface area contributed by atoms with E-state index in [4.69, 9.17) is 4.42 Å². The van der Waals surface area contributed by atoms with Crippen LogP contribution in [0.2, 0.25) is 0 Å². The summed E-state index contributed by atoms with van der Waals surface area (Å²) in [6, 6.07) is 8.01. The number of esters is 1. The second-order valence-electron chi connectivity index (χ2n) is 5.23. The Morgan fingerprint density at radius 2 is 2.17 bits per heavy atom. The maximum absolute atomic E-state index is 12.7. The van der Waals surface area contributed by atoms with Crippen LogP contribution in [0.1, 0.15) is 17.0 Å². The first-order valence-electron chi connectivity index (χ1n) is 7.24. The fraction of sp³-hybridized carbons (Fsp3) is 0.312. The summed E-state index contributed by atoms with van der Waals surface area (Å²) in [7, 11) is 1.24. The van der Waals surface area contributed by atoms with Crippen molar-refractivity contribution in [3.8, 4) is 0 Å². The molecule has 2 amide bonds. The van der Waals surface area contributed by atoms with Crippen molar-refractivity contribution in [2.24, 2.45) is 0 Å². The van der Waals surface area contributed by atoms with Crippen LogP contribution in [-0.2, 0) is 14.3 Å². The highest BCUT2D eigenvalue weighted by Crippen LogP contribution is 2.22. The average molecular weight is 316 g/mol. The zero-order valence-corrected chi connectivity index (χ0v) is 12.6. The molecule has 0 saturated carbocycles. The van der Waals surface area contributed by atoms with Gasteiger partial charge >= 0.3 is 5.97 Å². The Hall–Kier alpha value is -2.83. The van der Waals surface area contributed by atoms with E-state index < -0.39 is 17.9 Å². The molecular weight excluding hydrogens is 300 g/mol. The number of amides is 2. The molecule has 0 aliphatic carbocycles. The van der Waals surface area contributed by atoms with E-state index in [1.165, 1.54) is 12.0 Å². The molecule has 0 radical (unpaired) electrons. The monoisotopic (exact) mass is 316 g/mol. The van der Waals surface area contributed by atoms with Crippen molar-refractivity contribution in [1.29, 1.82) is 0 Å². The normalized spacial score (nSPS) is 17.9. The largest absolute Gasteiger partial charge is 0.469 e. The highest BCUT2D eigenvalue weighted by molar-refractivity contribution is 6.00. The smallest absolute Gasteiger partial charge is 0.308 e. The van der Waals surface area contributed by atoms with Crippen LogP contribution in [0, 0.1) is 0 Å². The van der Waals surface area contributed by atoms with Gasteiger partial charge in [-0.2, -0.15) is 0 Å². The highest BCUT2D eigenvalue weighted by atomic mass is 16.5. The van der Waals surface area contributed by atoms with Crippen LogP contribution in [0.25, 0.3) is 11.0 Å². The summed E-state index contributed by atoms with van der Waals surface area (Å²) < 4.78 is 10.2. The third kappa shape index (κ3) is 2.90. The van der Waals surface area contributed by atoms with Crippen molar-refractivity contribution < 1.29 is 23.5 Å². The van der Waals surface area contributed by atoms with Crippen LogP contribution in [0.3, 0.4) is 0 Å². The first kappa shape index (κ1) is 15.1. The lowest BCUT2D eigenvalue weighted by molar-refractivity contribution is -0.145. The molecule has 1 saturated heterocycles. The molecule has 1 aromatic carbocycles. The first-order chi connectivity index (χ1) is 11.1. The van der Waals surface area contributed by atoms with E-state index in [0.717, 1.165) is 5.39 Å². The third-order valence-corrected chi connectivity index (χ3v) is 3.82. The van der Waals surface area contributed by atoms with Crippen LogP contribution in [0.5, 0.6) is 0 Å². The molecule has 7 heteroatoms. The number of furan rings is 1. The van der Waals surface area contributed by atoms with Gasteiger partial charge in [0.2, 0.25) is 5.91 Å². The van der Waals surface area contributed by atoms with E-state index in [0.29, 0.717) is 18.7 Å². The predicted octanol–water partition coefficient (Wildman–Crippen LogP) is 0.937. The summed E-state index contributed by atoms with van der Waals surface area (Å²) in [4.78, 5) is 37.6. The van der Waals surface area contributed by atoms with Crippen LogP contribution >= 0.6 is 0 Å². The second kappa shape index (κ2) is 6.12. The minimum atomic E-state index is -0.892. The number of carbonyl (C=O) groups is 3. The first-order valence-corrected chi connectivity index (χ1v) is 7.24. The Morgan fingerprint density at radius 1 is 1.39 bits per heavy atom. The van der Waals surface area contributed by atoms with Gasteiger partial charge in [0.1, 0.15) is 11.6 Å². The predicted molar refractivity (Wildman–Crippen MR) is 80.7 cm³/mol. The molecule has 7 nitrogen and oxygen atoms in total. The maximum Gasteiger partial charge on any atom is 0.308 e. The number of piperazine rings is 1. The molecule has 3 rings (SSSR count). The number of hydrogen-bond acceptors (Lipinski definition) is 5. The summed E-state index contributed by atoms with van der Waals surface area (Å²) in [5.41, 5.74) is 0.599. The fourth-order valence-corrected chi connectivity index (χ4v) is 2.63. The summed E-state index contributed by atoms with van der Waals surface area (Å²) >= 11 is 0. The standard InChI is InChI=1S/C16H16N2O5/c1-22-14(19)9-11-15(20)17-6-7-18(11)16(21)13-8-10-4-2-3-5-12(10)23-13/h2-5,8,11H,6-7,9H2,1H3,(H,17,20). The quantitative estimate of drug-likeness (QED) is 0.851. The maximum atomic E-state index is 12.7. The Bertz CT molecular complexity index is 734. The van der Waals surface area contributed by atoms with Gasteiger partial charge in [-0.1, -0.05) is 18.2 Å². The average Bonchev–Trinajstić information content (AvgIpc) is 3.00. The van der Waals surface area contributed by atoms with Gasteiger partial charge in [0.15, 0.2) is 5.76 Å². The molecule has 2 aromatic rings. The lowest BCUT2D eigenvalue weighted by atomic mass is 10.1. The Labute approximate surface area is 132 Å². The molecule has 23 heavy (non-hydrogen) atoms. The lowest BCUT2D eigenvalue weighted by Gasteiger charge is -2.33. The van der Waals surface area contributed by atoms with Crippen molar-refractivity contribution in [2.75, 3.05) is 20.2 Å². The molecule has 1 aliphatic rings. The molecule has 1 aromatic heterocycles. The second-order valence-corrected chi connectivity index (χ2v) is 5.23. The number of hydrogen-bond donors (Lipinski definition) is 1. The zero-order chi connectivity index (χ0) is 16.4. The number of nitrogens with one attached hydrogen (secondary N) is 1. The summed E-state index contributed by atoms with van der Waals surface area (Å²) in [5, 5.41) is 3.46. The topological polar surface area (TPSA) is 88.9 Å². The number of rotatable bonds is 3. The van der Waals surface area contributed by atoms with Gasteiger partial charge in [0, 0.05) is 18.5 Å². The van der Waals surface area contributed by atoms with Crippen molar-refractivity contribution in [1.82, 2.24) is 10.2 Å². The summed E-state index contributed by atoms with van der Waals surface area (Å²) in [6.45, 7) is 0.645. The number of fused-ring (bicyclic) bond motifs is 1. The number of para-hydroxylation sites is 1. The zero-order valence-electron chi connectivity index (χ0n) is 12.6. The van der Waals surface area contributed by atoms with Gasteiger partial charge in [-0.05, 0) is 12.1 Å². The van der Waals surface area contributed by atoms with Crippen LogP contribution in [0.15, 0.2) is 34.7 Å². The molecule has 1 aliphatic heterocycles. The molecule has 0 spiro atoms. The lowest BCUT2D eigenvalue weighted by Crippen LogP contribution is -2.57. The third-order valence-electron chi connectivity index (χ3n) is 3.82. The van der Waals surface area contributed by atoms with E-state index >= 15 is 0 Å². The Balaban J connectivity index is 1.88. The van der Waals surface area contributed by atoms with Gasteiger partial charge in [0.25, 0.3) is 5.91 Å². The van der Waals surface area contributed by atoms with Crippen molar-refractivity contribution in [2.45, 2.75) is 12.5 Å². The van der Waals surface area contributed by atoms with Gasteiger partial charge in [0.05, 0.1) is 13.5 Å². The van der Waals surface area contributed by atoms with Gasteiger partial charge in [-0.15, -0.1) is 0 Å². The minimum absolute atomic E-state index is 0.149. The number of ether oxygens (including phenoxy) is 1. The molecule has 1 fully saturated rings. The van der Waals surface area contributed by atoms with Crippen LogP contribution in [0.4, 0.5) is 0 Å². The molecular formula is C16H16N2O5. The van der Waals surface area contributed by atoms with E-state index in [2.05, 4.69) is 10.1 Å². The molecule has 120 valence electrons. The number of carbonyl (C=O) groups excluding carboxylic acids is 3. The summed E-state index contributed by atoms with van der Waals surface area (Å²) in [5.74, 6) is -1.18. The van der Waals surface area contributed by atoms with E-state index in [1.807, 2.05) is 18.2 Å². The molecule has 1 atom stereocenters.